The predicted octanol–water partition coefficient (Wildman–Crippen LogP) is 2.43. The van der Waals surface area contributed by atoms with Gasteiger partial charge in [-0.05, 0) is 49.2 Å². The molecule has 0 unspecified atom stereocenters. The van der Waals surface area contributed by atoms with Crippen molar-refractivity contribution in [2.75, 3.05) is 36.9 Å². The number of nitrogens with zero attached hydrogens (tertiary/aromatic N) is 5. The molecule has 0 fully saturated rings. The molecule has 3 heterocycles. The summed E-state index contributed by atoms with van der Waals surface area (Å²) in [6.07, 6.45) is 3.94. The van der Waals surface area contributed by atoms with Gasteiger partial charge in [0.2, 0.25) is 5.65 Å². The van der Waals surface area contributed by atoms with Crippen LogP contribution < -0.4 is 20.8 Å². The highest BCUT2D eigenvalue weighted by atomic mass is 16.1. The van der Waals surface area contributed by atoms with E-state index in [1.165, 1.54) is 11.3 Å². The summed E-state index contributed by atoms with van der Waals surface area (Å²) in [7, 11) is 3.97. The average Bonchev–Trinajstić information content (AvgIpc) is 3.05. The fraction of sp³-hybridized carbons (Fsp3) is 0.280. The third-order valence-corrected chi connectivity index (χ3v) is 6.32. The van der Waals surface area contributed by atoms with Gasteiger partial charge in [-0.1, -0.05) is 23.2 Å². The van der Waals surface area contributed by atoms with Crippen LogP contribution in [0, 0.1) is 13.8 Å². The molecule has 4 aromatic rings. The number of benzene rings is 2. The first-order valence-corrected chi connectivity index (χ1v) is 11.1. The van der Waals surface area contributed by atoms with E-state index < -0.39 is 0 Å². The van der Waals surface area contributed by atoms with Crippen LogP contribution in [0.5, 0.6) is 0 Å². The van der Waals surface area contributed by atoms with Gasteiger partial charge in [-0.2, -0.15) is 0 Å². The van der Waals surface area contributed by atoms with Gasteiger partial charge in [-0.3, -0.25) is 4.79 Å². The number of para-hydroxylation sites is 1. The summed E-state index contributed by atoms with van der Waals surface area (Å²) in [5.74, 6) is 0.583. The van der Waals surface area contributed by atoms with Gasteiger partial charge in [0.1, 0.15) is 12.4 Å². The molecule has 8 nitrogen and oxygen atoms in total. The van der Waals surface area contributed by atoms with Gasteiger partial charge >= 0.3 is 5.95 Å². The summed E-state index contributed by atoms with van der Waals surface area (Å²) in [5.41, 5.74) is 5.80. The molecule has 0 spiro atoms. The Morgan fingerprint density at radius 3 is 2.64 bits per heavy atom. The fourth-order valence-electron chi connectivity index (χ4n) is 4.43. The Hall–Kier alpha value is -3.94. The van der Waals surface area contributed by atoms with Crippen LogP contribution >= 0.6 is 0 Å². The minimum Gasteiger partial charge on any atom is -0.355 e. The number of nitrogens with one attached hydrogen (secondary N) is 2. The molecule has 168 valence electrons. The van der Waals surface area contributed by atoms with Crippen molar-refractivity contribution in [2.24, 2.45) is 7.05 Å². The molecule has 0 bridgehead atoms. The molecule has 2 N–H and O–H groups in total. The van der Waals surface area contributed by atoms with Crippen molar-refractivity contribution >= 4 is 34.6 Å². The normalized spacial score (nSPS) is 13.9. The predicted molar refractivity (Wildman–Crippen MR) is 131 cm³/mol. The Kier molecular flexibility index (Phi) is 5.20. The second kappa shape index (κ2) is 8.20. The van der Waals surface area contributed by atoms with Gasteiger partial charge in [-0.15, -0.1) is 0 Å². The second-order valence-corrected chi connectivity index (χ2v) is 8.65. The number of fused-ring (bicyclic) bond motifs is 1. The van der Waals surface area contributed by atoms with Gasteiger partial charge < -0.3 is 4.90 Å². The van der Waals surface area contributed by atoms with Gasteiger partial charge in [0.05, 0.1) is 30.7 Å². The van der Waals surface area contributed by atoms with Crippen LogP contribution in [0.25, 0.3) is 16.7 Å². The molecule has 2 aromatic carbocycles. The Morgan fingerprint density at radius 2 is 1.91 bits per heavy atom. The number of likely N-dealkylation sites (N-methyl/N-ethyl adjacent to an activating group) is 1. The van der Waals surface area contributed by atoms with E-state index in [1.807, 2.05) is 38.2 Å². The van der Waals surface area contributed by atoms with Crippen molar-refractivity contribution in [1.82, 2.24) is 14.3 Å². The Bertz CT molecular complexity index is 1450. The van der Waals surface area contributed by atoms with Crippen LogP contribution in [0.2, 0.25) is 0 Å². The summed E-state index contributed by atoms with van der Waals surface area (Å²) >= 11 is 0. The van der Waals surface area contributed by atoms with E-state index in [2.05, 4.69) is 58.2 Å². The van der Waals surface area contributed by atoms with Gasteiger partial charge in [0.15, 0.2) is 12.8 Å². The Labute approximate surface area is 192 Å². The first kappa shape index (κ1) is 20.9. The lowest BCUT2D eigenvalue weighted by Gasteiger charge is -2.26. The number of aryl methyl sites for hydroxylation is 3. The number of hydrogen-bond acceptors (Lipinski definition) is 4. The standard InChI is InChI=1S/C25H27N7O/c1-17-7-5-6-8-22(17)32-24(33)20-16-26-25(28-23(20)30(32)4)27-19-9-10-21(18(2)15-19)31-13-11-29(3)12-14-31/h5-11,15-16H,12-14H2,1-4H3/p+2. The van der Waals surface area contributed by atoms with E-state index in [4.69, 9.17) is 4.98 Å². The molecule has 0 aliphatic carbocycles. The van der Waals surface area contributed by atoms with Gasteiger partial charge in [0.25, 0.3) is 5.56 Å². The van der Waals surface area contributed by atoms with E-state index in [9.17, 15) is 4.79 Å². The fourth-order valence-corrected chi connectivity index (χ4v) is 4.43. The SMILES string of the molecule is Cc1cc(Nc2nc3c(c[nH+]2)c(=O)n(-c2ccccc2C)n3C)ccc1N1CC=[N+](C)CC1. The topological polar surface area (TPSA) is 72.2 Å². The lowest BCUT2D eigenvalue weighted by atomic mass is 10.1. The first-order valence-electron chi connectivity index (χ1n) is 11.1. The molecule has 0 saturated carbocycles. The van der Waals surface area contributed by atoms with Gasteiger partial charge in [-0.25, -0.2) is 24.2 Å². The van der Waals surface area contributed by atoms with Crippen LogP contribution in [0.15, 0.2) is 53.5 Å². The first-order chi connectivity index (χ1) is 15.9. The number of aromatic nitrogens is 4. The molecule has 0 radical (unpaired) electrons. The third-order valence-electron chi connectivity index (χ3n) is 6.32. The second-order valence-electron chi connectivity index (χ2n) is 8.65. The summed E-state index contributed by atoms with van der Waals surface area (Å²) in [6, 6.07) is 14.2. The zero-order chi connectivity index (χ0) is 23.1. The smallest absolute Gasteiger partial charge is 0.355 e. The zero-order valence-corrected chi connectivity index (χ0v) is 19.5. The number of hydrogen-bond donors (Lipinski definition) is 1. The van der Waals surface area contributed by atoms with E-state index in [0.717, 1.165) is 36.6 Å². The van der Waals surface area contributed by atoms with Crippen LogP contribution in [0.1, 0.15) is 11.1 Å². The largest absolute Gasteiger partial charge is 0.396 e. The molecular weight excluding hydrogens is 414 g/mol. The highest BCUT2D eigenvalue weighted by molar-refractivity contribution is 5.75. The van der Waals surface area contributed by atoms with Crippen LogP contribution in [-0.2, 0) is 7.05 Å². The maximum absolute atomic E-state index is 13.1. The number of H-pyrrole nitrogens is 1. The lowest BCUT2D eigenvalue weighted by molar-refractivity contribution is -0.493. The number of aromatic amines is 1. The van der Waals surface area contributed by atoms with Crippen LogP contribution in [-0.4, -0.2) is 51.8 Å². The number of anilines is 3. The summed E-state index contributed by atoms with van der Waals surface area (Å²) in [6.45, 7) is 7.09. The van der Waals surface area contributed by atoms with Crippen molar-refractivity contribution < 1.29 is 9.56 Å². The molecule has 0 atom stereocenters. The highest BCUT2D eigenvalue weighted by Crippen LogP contribution is 2.25. The summed E-state index contributed by atoms with van der Waals surface area (Å²) in [5, 5.41) is 3.90. The minimum absolute atomic E-state index is 0.0960. The van der Waals surface area contributed by atoms with Crippen molar-refractivity contribution in [1.29, 1.82) is 0 Å². The lowest BCUT2D eigenvalue weighted by Crippen LogP contribution is -2.38. The Morgan fingerprint density at radius 1 is 1.09 bits per heavy atom. The van der Waals surface area contributed by atoms with E-state index in [-0.39, 0.29) is 5.56 Å². The maximum atomic E-state index is 13.1. The number of rotatable bonds is 4. The van der Waals surface area contributed by atoms with Crippen molar-refractivity contribution in [3.63, 3.8) is 0 Å². The molecule has 2 aromatic heterocycles. The van der Waals surface area contributed by atoms with Crippen LogP contribution in [0.4, 0.5) is 17.3 Å². The van der Waals surface area contributed by atoms with Crippen molar-refractivity contribution in [2.45, 2.75) is 13.8 Å². The van der Waals surface area contributed by atoms with E-state index >= 15 is 0 Å². The summed E-state index contributed by atoms with van der Waals surface area (Å²) < 4.78 is 5.70. The van der Waals surface area contributed by atoms with Crippen molar-refractivity contribution in [3.8, 4) is 5.69 Å². The maximum Gasteiger partial charge on any atom is 0.396 e. The van der Waals surface area contributed by atoms with E-state index in [1.54, 1.807) is 15.6 Å². The van der Waals surface area contributed by atoms with E-state index in [0.29, 0.717) is 17.0 Å². The molecular formula is C25H29N7O+2. The molecule has 1 aliphatic heterocycles. The highest BCUT2D eigenvalue weighted by Gasteiger charge is 2.21. The zero-order valence-electron chi connectivity index (χ0n) is 19.5. The molecule has 33 heavy (non-hydrogen) atoms. The molecule has 1 aliphatic rings. The summed E-state index contributed by atoms with van der Waals surface area (Å²) in [4.78, 5) is 23.3. The molecule has 0 amide bonds. The van der Waals surface area contributed by atoms with Crippen LogP contribution in [0.3, 0.4) is 0 Å². The molecule has 0 saturated heterocycles. The quantitative estimate of drug-likeness (QED) is 0.492. The third kappa shape index (κ3) is 3.77. The minimum atomic E-state index is -0.0960. The monoisotopic (exact) mass is 443 g/mol. The molecule has 5 rings (SSSR count). The molecule has 8 heteroatoms. The van der Waals surface area contributed by atoms with Gasteiger partial charge in [0, 0.05) is 12.7 Å². The average molecular weight is 444 g/mol. The Balaban J connectivity index is 1.46. The van der Waals surface area contributed by atoms with Crippen molar-refractivity contribution in [3.05, 3.63) is 70.1 Å².